The van der Waals surface area contributed by atoms with Gasteiger partial charge in [-0.3, -0.25) is 0 Å². The van der Waals surface area contributed by atoms with E-state index < -0.39 is 0 Å². The number of aliphatic hydroxyl groups excluding tert-OH is 4. The second-order valence-electron chi connectivity index (χ2n) is 3.68. The van der Waals surface area contributed by atoms with Gasteiger partial charge in [0.15, 0.2) is 0 Å². The largest absolute Gasteiger partial charge is 0.394 e. The third-order valence-electron chi connectivity index (χ3n) is 1.27. The van der Waals surface area contributed by atoms with Gasteiger partial charge < -0.3 is 34.6 Å². The maximum Gasteiger partial charge on any atom is 0.0698 e. The first kappa shape index (κ1) is 40.0. The molecule has 7 nitrogen and oxygen atoms in total. The molecule has 0 aliphatic carbocycles. The van der Waals surface area contributed by atoms with Crippen molar-refractivity contribution < 1.29 is 34.6 Å². The molecule has 7 heteroatoms. The topological polar surface area (TPSA) is 109 Å². The number of hydrogen-bond acceptors (Lipinski definition) is 7. The molecule has 0 saturated carbocycles. The minimum atomic E-state index is -0.125. The van der Waals surface area contributed by atoms with Crippen molar-refractivity contribution >= 4 is 0 Å². The van der Waals surface area contributed by atoms with Gasteiger partial charge in [-0.2, -0.15) is 0 Å². The first-order valence-corrected chi connectivity index (χ1v) is 8.71. The van der Waals surface area contributed by atoms with E-state index in [1.165, 1.54) is 0 Å². The molecule has 0 unspecified atom stereocenters. The molecule has 0 saturated heterocycles. The molecule has 0 aromatic carbocycles. The molecule has 164 valence electrons. The van der Waals surface area contributed by atoms with E-state index in [0.29, 0.717) is 13.2 Å². The van der Waals surface area contributed by atoms with Gasteiger partial charge in [-0.25, -0.2) is 0 Å². The maximum absolute atomic E-state index is 8.09. The Morgan fingerprint density at radius 3 is 1.00 bits per heavy atom. The highest BCUT2D eigenvalue weighted by molar-refractivity contribution is 4.52. The van der Waals surface area contributed by atoms with Crippen LogP contribution in [0.4, 0.5) is 0 Å². The maximum atomic E-state index is 8.09. The molecule has 4 N–H and O–H groups in total. The number of hydrogen-bond donors (Lipinski definition) is 4. The predicted octanol–water partition coefficient (Wildman–Crippen LogP) is 2.04. The van der Waals surface area contributed by atoms with Crippen LogP contribution in [0.1, 0.15) is 34.6 Å². The van der Waals surface area contributed by atoms with Crippen LogP contribution in [0, 0.1) is 0 Å². The zero-order valence-corrected chi connectivity index (χ0v) is 17.9. The van der Waals surface area contributed by atoms with Crippen LogP contribution in [0.5, 0.6) is 0 Å². The van der Waals surface area contributed by atoms with Crippen molar-refractivity contribution in [3.8, 4) is 0 Å². The Balaban J connectivity index is -0.0000000476. The highest BCUT2D eigenvalue weighted by Gasteiger charge is 1.79. The van der Waals surface area contributed by atoms with Gasteiger partial charge in [0.25, 0.3) is 0 Å². The van der Waals surface area contributed by atoms with Crippen molar-refractivity contribution in [2.24, 2.45) is 0 Å². The lowest BCUT2D eigenvalue weighted by atomic mass is 10.7. The van der Waals surface area contributed by atoms with E-state index in [-0.39, 0.29) is 26.4 Å². The van der Waals surface area contributed by atoms with Crippen LogP contribution in [-0.4, -0.2) is 87.0 Å². The standard InChI is InChI=1S/C4H10O3.C4H10O.C3H8O.2C3H6.C2H6O2/c5-1-3-7-4-2-6;1-3-5-4-2;1-3-4-2;2*1-3-2;3-1-2-4/h5-6H,1-4H2;3-4H2,1-2H3;3H2,1-2H3;2*3H,1H2,2H3;3-4H,1-2H2. The van der Waals surface area contributed by atoms with Gasteiger partial charge in [0.2, 0.25) is 0 Å². The summed E-state index contributed by atoms with van der Waals surface area (Å²) in [6.07, 6.45) is 3.50. The monoisotopic (exact) mass is 386 g/mol. The SMILES string of the molecule is C=CC.C=CC.CCOC.CCOCC.OCCO.OCCOCCO. The summed E-state index contributed by atoms with van der Waals surface area (Å²) < 4.78 is 14.0. The molecule has 0 atom stereocenters. The van der Waals surface area contributed by atoms with E-state index in [1.54, 1.807) is 19.3 Å². The Hall–Kier alpha value is -0.800. The summed E-state index contributed by atoms with van der Waals surface area (Å²) in [6.45, 7) is 19.4. The molecular weight excluding hydrogens is 340 g/mol. The molecule has 0 aromatic heterocycles. The van der Waals surface area contributed by atoms with Crippen molar-refractivity contribution in [1.29, 1.82) is 0 Å². The van der Waals surface area contributed by atoms with Gasteiger partial charge in [0, 0.05) is 26.9 Å². The van der Waals surface area contributed by atoms with Crippen LogP contribution in [0.15, 0.2) is 25.3 Å². The van der Waals surface area contributed by atoms with E-state index in [4.69, 9.17) is 25.2 Å². The fraction of sp³-hybridized carbons (Fsp3) is 0.789. The number of methoxy groups -OCH3 is 1. The molecule has 0 fully saturated rings. The van der Waals surface area contributed by atoms with Crippen molar-refractivity contribution in [1.82, 2.24) is 0 Å². The lowest BCUT2D eigenvalue weighted by Gasteiger charge is -1.94. The van der Waals surface area contributed by atoms with Crippen LogP contribution in [0.25, 0.3) is 0 Å². The van der Waals surface area contributed by atoms with E-state index in [0.717, 1.165) is 19.8 Å². The smallest absolute Gasteiger partial charge is 0.0698 e. The lowest BCUT2D eigenvalue weighted by molar-refractivity contribution is 0.0650. The minimum absolute atomic E-state index is 0.0278. The van der Waals surface area contributed by atoms with Crippen molar-refractivity contribution in [3.05, 3.63) is 25.3 Å². The third-order valence-corrected chi connectivity index (χ3v) is 1.27. The molecule has 0 aliphatic rings. The molecule has 0 amide bonds. The zero-order valence-electron chi connectivity index (χ0n) is 17.9. The molecule has 0 spiro atoms. The first-order chi connectivity index (χ1) is 12.5. The summed E-state index contributed by atoms with van der Waals surface area (Å²) in [6, 6.07) is 0. The Morgan fingerprint density at radius 2 is 0.923 bits per heavy atom. The van der Waals surface area contributed by atoms with Gasteiger partial charge in [-0.15, -0.1) is 13.2 Å². The zero-order chi connectivity index (χ0) is 21.9. The van der Waals surface area contributed by atoms with E-state index in [1.807, 2.05) is 34.6 Å². The van der Waals surface area contributed by atoms with E-state index in [2.05, 4.69) is 22.6 Å². The van der Waals surface area contributed by atoms with Gasteiger partial charge in [-0.05, 0) is 34.6 Å². The number of ether oxygens (including phenoxy) is 3. The summed E-state index contributed by atoms with van der Waals surface area (Å²) in [5.41, 5.74) is 0. The normalized spacial score (nSPS) is 7.46. The summed E-state index contributed by atoms with van der Waals surface area (Å²) in [5, 5.41) is 31.4. The van der Waals surface area contributed by atoms with Gasteiger partial charge in [-0.1, -0.05) is 12.2 Å². The Morgan fingerprint density at radius 1 is 0.654 bits per heavy atom. The van der Waals surface area contributed by atoms with Crippen LogP contribution < -0.4 is 0 Å². The van der Waals surface area contributed by atoms with Gasteiger partial charge >= 0.3 is 0 Å². The van der Waals surface area contributed by atoms with Crippen molar-refractivity contribution in [2.75, 3.05) is 66.6 Å². The number of allylic oxidation sites excluding steroid dienone is 2. The van der Waals surface area contributed by atoms with Crippen molar-refractivity contribution in [3.63, 3.8) is 0 Å². The van der Waals surface area contributed by atoms with Crippen LogP contribution in [0.2, 0.25) is 0 Å². The lowest BCUT2D eigenvalue weighted by Crippen LogP contribution is -2.03. The highest BCUT2D eigenvalue weighted by Crippen LogP contribution is 1.68. The molecule has 26 heavy (non-hydrogen) atoms. The van der Waals surface area contributed by atoms with Gasteiger partial charge in [0.1, 0.15) is 0 Å². The van der Waals surface area contributed by atoms with Crippen LogP contribution in [0.3, 0.4) is 0 Å². The highest BCUT2D eigenvalue weighted by atomic mass is 16.5. The van der Waals surface area contributed by atoms with Crippen LogP contribution in [-0.2, 0) is 14.2 Å². The summed E-state index contributed by atoms with van der Waals surface area (Å²) in [7, 11) is 1.68. The number of aliphatic hydroxyl groups is 4. The quantitative estimate of drug-likeness (QED) is 0.373. The summed E-state index contributed by atoms with van der Waals surface area (Å²) in [5.74, 6) is 0. The Labute approximate surface area is 161 Å². The molecule has 0 aliphatic heterocycles. The van der Waals surface area contributed by atoms with Crippen LogP contribution >= 0.6 is 0 Å². The Kier molecular flexibility index (Phi) is 115. The molecule has 0 bridgehead atoms. The second-order valence-corrected chi connectivity index (χ2v) is 3.68. The van der Waals surface area contributed by atoms with Gasteiger partial charge in [0.05, 0.1) is 39.6 Å². The van der Waals surface area contributed by atoms with E-state index >= 15 is 0 Å². The molecule has 0 rings (SSSR count). The first-order valence-electron chi connectivity index (χ1n) is 8.71. The summed E-state index contributed by atoms with van der Waals surface area (Å²) in [4.78, 5) is 0. The minimum Gasteiger partial charge on any atom is -0.394 e. The molecule has 0 heterocycles. The molecular formula is C19H46O7. The predicted molar refractivity (Wildman–Crippen MR) is 111 cm³/mol. The van der Waals surface area contributed by atoms with E-state index in [9.17, 15) is 0 Å². The number of rotatable bonds is 8. The Bertz CT molecular complexity index is 148. The fourth-order valence-electron chi connectivity index (χ4n) is 0.435. The summed E-state index contributed by atoms with van der Waals surface area (Å²) >= 11 is 0. The average Bonchev–Trinajstić information content (AvgIpc) is 2.65. The fourth-order valence-corrected chi connectivity index (χ4v) is 0.435. The molecule has 0 radical (unpaired) electrons. The second kappa shape index (κ2) is 74.8. The molecule has 0 aromatic rings. The third kappa shape index (κ3) is 221. The average molecular weight is 387 g/mol. The van der Waals surface area contributed by atoms with Crippen molar-refractivity contribution in [2.45, 2.75) is 34.6 Å².